The fourth-order valence-electron chi connectivity index (χ4n) is 1.49. The van der Waals surface area contributed by atoms with E-state index in [1.54, 1.807) is 13.1 Å². The molecule has 0 radical (unpaired) electrons. The van der Waals surface area contributed by atoms with Crippen molar-refractivity contribution in [2.45, 2.75) is 6.54 Å². The Kier molecular flexibility index (Phi) is 2.42. The first-order chi connectivity index (χ1) is 7.22. The summed E-state index contributed by atoms with van der Waals surface area (Å²) in [6.45, 7) is 0.594. The summed E-state index contributed by atoms with van der Waals surface area (Å²) in [4.78, 5) is 10.3. The third-order valence-corrected chi connectivity index (χ3v) is 2.09. The van der Waals surface area contributed by atoms with Gasteiger partial charge in [-0.1, -0.05) is 0 Å². The number of hydrogen-bond acceptors (Lipinski definition) is 5. The maximum Gasteiger partial charge on any atom is 0.315 e. The summed E-state index contributed by atoms with van der Waals surface area (Å²) in [6.07, 6.45) is 0. The highest BCUT2D eigenvalue weighted by atomic mass is 16.7. The van der Waals surface area contributed by atoms with Gasteiger partial charge in [-0.2, -0.15) is 0 Å². The van der Waals surface area contributed by atoms with Gasteiger partial charge < -0.3 is 14.8 Å². The van der Waals surface area contributed by atoms with Crippen LogP contribution in [0.3, 0.4) is 0 Å². The number of benzene rings is 1. The molecule has 1 N–H and O–H groups in total. The monoisotopic (exact) mass is 210 g/mol. The molecule has 1 aromatic carbocycles. The van der Waals surface area contributed by atoms with E-state index >= 15 is 0 Å². The summed E-state index contributed by atoms with van der Waals surface area (Å²) in [5, 5.41) is 13.7. The molecule has 0 saturated carbocycles. The number of hydrogen-bond donors (Lipinski definition) is 1. The number of fused-ring (bicyclic) bond motifs is 1. The first-order valence-corrected chi connectivity index (χ1v) is 4.44. The van der Waals surface area contributed by atoms with E-state index in [0.29, 0.717) is 12.3 Å². The first kappa shape index (κ1) is 9.72. The summed E-state index contributed by atoms with van der Waals surface area (Å²) in [5.74, 6) is 0.661. The van der Waals surface area contributed by atoms with Gasteiger partial charge in [0.05, 0.1) is 4.92 Å². The van der Waals surface area contributed by atoms with Gasteiger partial charge in [0.15, 0.2) is 5.75 Å². The number of nitro groups is 1. The lowest BCUT2D eigenvalue weighted by Crippen LogP contribution is -2.05. The summed E-state index contributed by atoms with van der Waals surface area (Å²) in [7, 11) is 1.77. The van der Waals surface area contributed by atoms with Crippen LogP contribution in [-0.2, 0) is 6.54 Å². The maximum atomic E-state index is 10.8. The Hall–Kier alpha value is -1.82. The second-order valence-corrected chi connectivity index (χ2v) is 3.14. The molecule has 0 aliphatic carbocycles. The third kappa shape index (κ3) is 1.71. The smallest absolute Gasteiger partial charge is 0.315 e. The predicted octanol–water partition coefficient (Wildman–Crippen LogP) is 1.04. The maximum absolute atomic E-state index is 10.8. The van der Waals surface area contributed by atoms with Gasteiger partial charge in [0.2, 0.25) is 12.5 Å². The molecule has 0 fully saturated rings. The molecular formula is C9H10N2O4. The molecule has 1 aliphatic rings. The van der Waals surface area contributed by atoms with E-state index in [0.717, 1.165) is 5.56 Å². The quantitative estimate of drug-likeness (QED) is 0.596. The van der Waals surface area contributed by atoms with Gasteiger partial charge >= 0.3 is 5.69 Å². The van der Waals surface area contributed by atoms with E-state index in [2.05, 4.69) is 5.32 Å². The first-order valence-electron chi connectivity index (χ1n) is 4.44. The average molecular weight is 210 g/mol. The number of nitro benzene ring substituents is 1. The number of nitrogens with zero attached hydrogens (tertiary/aromatic N) is 1. The molecule has 1 aromatic rings. The third-order valence-electron chi connectivity index (χ3n) is 2.09. The van der Waals surface area contributed by atoms with Crippen molar-refractivity contribution in [1.82, 2.24) is 5.32 Å². The van der Waals surface area contributed by atoms with Crippen molar-refractivity contribution in [3.63, 3.8) is 0 Å². The zero-order valence-corrected chi connectivity index (χ0v) is 8.15. The fraction of sp³-hybridized carbons (Fsp3) is 0.333. The minimum Gasteiger partial charge on any atom is -0.453 e. The van der Waals surface area contributed by atoms with Gasteiger partial charge in [-0.3, -0.25) is 10.1 Å². The van der Waals surface area contributed by atoms with Crippen LogP contribution >= 0.6 is 0 Å². The van der Waals surface area contributed by atoms with Crippen LogP contribution in [0.1, 0.15) is 5.56 Å². The van der Waals surface area contributed by atoms with E-state index < -0.39 is 4.92 Å². The highest BCUT2D eigenvalue weighted by molar-refractivity contribution is 5.59. The minimum absolute atomic E-state index is 0.0409. The number of ether oxygens (including phenoxy) is 2. The van der Waals surface area contributed by atoms with Gasteiger partial charge in [0, 0.05) is 12.6 Å². The zero-order valence-electron chi connectivity index (χ0n) is 8.15. The van der Waals surface area contributed by atoms with Gasteiger partial charge in [-0.15, -0.1) is 0 Å². The van der Waals surface area contributed by atoms with Crippen LogP contribution in [0.25, 0.3) is 0 Å². The average Bonchev–Trinajstić information content (AvgIpc) is 2.64. The van der Waals surface area contributed by atoms with E-state index in [1.807, 2.05) is 0 Å². The van der Waals surface area contributed by atoms with E-state index in [9.17, 15) is 10.1 Å². The Morgan fingerprint density at radius 1 is 1.53 bits per heavy atom. The normalized spacial score (nSPS) is 12.9. The van der Waals surface area contributed by atoms with E-state index in [-0.39, 0.29) is 18.2 Å². The van der Waals surface area contributed by atoms with Crippen molar-refractivity contribution in [2.24, 2.45) is 0 Å². The van der Waals surface area contributed by atoms with Crippen LogP contribution in [0.15, 0.2) is 12.1 Å². The van der Waals surface area contributed by atoms with Gasteiger partial charge in [-0.05, 0) is 18.7 Å². The van der Waals surface area contributed by atoms with Crippen molar-refractivity contribution in [2.75, 3.05) is 13.8 Å². The molecule has 15 heavy (non-hydrogen) atoms. The largest absolute Gasteiger partial charge is 0.453 e. The molecule has 80 valence electrons. The van der Waals surface area contributed by atoms with Crippen molar-refractivity contribution in [3.05, 3.63) is 27.8 Å². The molecule has 0 atom stereocenters. The van der Waals surface area contributed by atoms with Gasteiger partial charge in [0.1, 0.15) is 0 Å². The molecule has 6 heteroatoms. The number of nitrogens with one attached hydrogen (secondary N) is 1. The molecule has 0 aromatic heterocycles. The van der Waals surface area contributed by atoms with Crippen LogP contribution in [-0.4, -0.2) is 18.8 Å². The second-order valence-electron chi connectivity index (χ2n) is 3.14. The molecule has 1 aliphatic heterocycles. The van der Waals surface area contributed by atoms with Crippen LogP contribution in [0.2, 0.25) is 0 Å². The van der Waals surface area contributed by atoms with Crippen molar-refractivity contribution in [1.29, 1.82) is 0 Å². The Morgan fingerprint density at radius 3 is 3.00 bits per heavy atom. The molecule has 0 saturated heterocycles. The highest BCUT2D eigenvalue weighted by Gasteiger charge is 2.26. The molecule has 2 rings (SSSR count). The Balaban J connectivity index is 2.47. The van der Waals surface area contributed by atoms with Crippen LogP contribution in [0.5, 0.6) is 11.5 Å². The lowest BCUT2D eigenvalue weighted by Gasteiger charge is -2.02. The van der Waals surface area contributed by atoms with Crippen molar-refractivity contribution >= 4 is 5.69 Å². The summed E-state index contributed by atoms with van der Waals surface area (Å²) >= 11 is 0. The Morgan fingerprint density at radius 2 is 2.33 bits per heavy atom. The molecule has 0 amide bonds. The summed E-state index contributed by atoms with van der Waals surface area (Å²) < 4.78 is 10.2. The SMILES string of the molecule is CNCc1cc2c(c([N+](=O)[O-])c1)OCO2. The van der Waals surface area contributed by atoms with E-state index in [4.69, 9.17) is 9.47 Å². The van der Waals surface area contributed by atoms with Crippen molar-refractivity contribution < 1.29 is 14.4 Å². The lowest BCUT2D eigenvalue weighted by atomic mass is 10.1. The Bertz CT molecular complexity index is 405. The van der Waals surface area contributed by atoms with Crippen LogP contribution in [0, 0.1) is 10.1 Å². The molecule has 0 spiro atoms. The van der Waals surface area contributed by atoms with Crippen LogP contribution in [0.4, 0.5) is 5.69 Å². The van der Waals surface area contributed by atoms with Crippen molar-refractivity contribution in [3.8, 4) is 11.5 Å². The summed E-state index contributed by atoms with van der Waals surface area (Å²) in [6, 6.07) is 3.23. The standard InChI is InChI=1S/C9H10N2O4/c1-10-4-6-2-7(11(12)13)9-8(3-6)14-5-15-9/h2-3,10H,4-5H2,1H3. The van der Waals surface area contributed by atoms with Gasteiger partial charge in [-0.25, -0.2) is 0 Å². The minimum atomic E-state index is -0.466. The van der Waals surface area contributed by atoms with E-state index in [1.165, 1.54) is 6.07 Å². The number of rotatable bonds is 3. The molecule has 1 heterocycles. The topological polar surface area (TPSA) is 73.6 Å². The highest BCUT2D eigenvalue weighted by Crippen LogP contribution is 2.41. The Labute approximate surface area is 86.0 Å². The van der Waals surface area contributed by atoms with Gasteiger partial charge in [0.25, 0.3) is 0 Å². The fourth-order valence-corrected chi connectivity index (χ4v) is 1.49. The second kappa shape index (κ2) is 3.74. The molecule has 6 nitrogen and oxygen atoms in total. The molecule has 0 bridgehead atoms. The summed E-state index contributed by atoms with van der Waals surface area (Å²) in [5.41, 5.74) is 0.753. The zero-order chi connectivity index (χ0) is 10.8. The predicted molar refractivity (Wildman–Crippen MR) is 52.0 cm³/mol. The lowest BCUT2D eigenvalue weighted by molar-refractivity contribution is -0.385. The molecule has 0 unspecified atom stereocenters. The molecular weight excluding hydrogens is 200 g/mol. The van der Waals surface area contributed by atoms with Crippen LogP contribution < -0.4 is 14.8 Å².